The Morgan fingerprint density at radius 1 is 1.22 bits per heavy atom. The van der Waals surface area contributed by atoms with E-state index < -0.39 is 11.4 Å². The molecule has 2 amide bonds. The van der Waals surface area contributed by atoms with Crippen molar-refractivity contribution in [2.24, 2.45) is 5.73 Å². The summed E-state index contributed by atoms with van der Waals surface area (Å²) in [7, 11) is 0. The number of fused-ring (bicyclic) bond motifs is 1. The van der Waals surface area contributed by atoms with Crippen LogP contribution < -0.4 is 21.8 Å². The van der Waals surface area contributed by atoms with Gasteiger partial charge in [0.2, 0.25) is 11.3 Å². The predicted octanol–water partition coefficient (Wildman–Crippen LogP) is 0.111. The fourth-order valence-corrected chi connectivity index (χ4v) is 1.98. The first-order valence-electron chi connectivity index (χ1n) is 7.22. The Morgan fingerprint density at radius 3 is 2.61 bits per heavy atom. The van der Waals surface area contributed by atoms with E-state index in [1.54, 1.807) is 38.1 Å². The second-order valence-electron chi connectivity index (χ2n) is 6.03. The topological polar surface area (TPSA) is 117 Å². The minimum Gasteiger partial charge on any atom is -0.360 e. The average Bonchev–Trinajstić information content (AvgIpc) is 2.50. The molecule has 2 rings (SSSR count). The number of rotatable bonds is 5. The molecule has 7 heteroatoms. The highest BCUT2D eigenvalue weighted by molar-refractivity contribution is 5.98. The van der Waals surface area contributed by atoms with Crippen LogP contribution in [0.5, 0.6) is 0 Å². The lowest BCUT2D eigenvalue weighted by atomic mass is 10.1. The van der Waals surface area contributed by atoms with Crippen molar-refractivity contribution in [3.05, 3.63) is 46.2 Å². The first-order valence-corrected chi connectivity index (χ1v) is 7.22. The number of benzene rings is 1. The van der Waals surface area contributed by atoms with E-state index in [0.29, 0.717) is 10.9 Å². The summed E-state index contributed by atoms with van der Waals surface area (Å²) in [6.07, 6.45) is 1.35. The van der Waals surface area contributed by atoms with Crippen LogP contribution in [-0.4, -0.2) is 35.4 Å². The van der Waals surface area contributed by atoms with Gasteiger partial charge in [-0.1, -0.05) is 12.1 Å². The van der Waals surface area contributed by atoms with Crippen LogP contribution in [0.15, 0.2) is 35.3 Å². The van der Waals surface area contributed by atoms with E-state index in [1.807, 2.05) is 0 Å². The van der Waals surface area contributed by atoms with E-state index >= 15 is 0 Å². The van der Waals surface area contributed by atoms with E-state index in [2.05, 4.69) is 15.6 Å². The fourth-order valence-electron chi connectivity index (χ4n) is 1.98. The first kappa shape index (κ1) is 16.7. The maximum absolute atomic E-state index is 12.3. The monoisotopic (exact) mass is 316 g/mol. The van der Waals surface area contributed by atoms with Crippen LogP contribution in [0.2, 0.25) is 0 Å². The van der Waals surface area contributed by atoms with Crippen molar-refractivity contribution in [3.8, 4) is 0 Å². The highest BCUT2D eigenvalue weighted by Gasteiger charge is 2.15. The molecular weight excluding hydrogens is 296 g/mol. The number of hydrogen-bond donors (Lipinski definition) is 4. The molecule has 0 aliphatic heterocycles. The summed E-state index contributed by atoms with van der Waals surface area (Å²) in [4.78, 5) is 38.9. The molecule has 1 heterocycles. The predicted molar refractivity (Wildman–Crippen MR) is 88.2 cm³/mol. The standard InChI is InChI=1S/C16H20N4O3/c1-16(2,17)9-20-13(21)8-19-15(23)11-7-18-12-6-4-3-5-10(12)14(11)22/h3-7H,8-9,17H2,1-2H3,(H,18,22)(H,19,23)(H,20,21). The Morgan fingerprint density at radius 2 is 1.91 bits per heavy atom. The van der Waals surface area contributed by atoms with Crippen LogP contribution in [0.4, 0.5) is 0 Å². The molecule has 7 nitrogen and oxygen atoms in total. The van der Waals surface area contributed by atoms with Gasteiger partial charge in [-0.15, -0.1) is 0 Å². The van der Waals surface area contributed by atoms with Gasteiger partial charge in [-0.2, -0.15) is 0 Å². The number of H-pyrrole nitrogens is 1. The van der Waals surface area contributed by atoms with Crippen molar-refractivity contribution < 1.29 is 9.59 Å². The molecule has 5 N–H and O–H groups in total. The van der Waals surface area contributed by atoms with E-state index in [9.17, 15) is 14.4 Å². The Labute approximate surface area is 133 Å². The zero-order valence-corrected chi connectivity index (χ0v) is 13.1. The summed E-state index contributed by atoms with van der Waals surface area (Å²) in [5.41, 5.74) is 5.47. The molecule has 2 aromatic rings. The minimum absolute atomic E-state index is 0.0318. The molecular formula is C16H20N4O3. The number of nitrogens with one attached hydrogen (secondary N) is 3. The molecule has 122 valence electrons. The molecule has 1 aromatic carbocycles. The first-order chi connectivity index (χ1) is 10.8. The Hall–Kier alpha value is -2.67. The maximum atomic E-state index is 12.3. The van der Waals surface area contributed by atoms with Crippen LogP contribution in [0.3, 0.4) is 0 Å². The zero-order chi connectivity index (χ0) is 17.0. The second-order valence-corrected chi connectivity index (χ2v) is 6.03. The second kappa shape index (κ2) is 6.62. The average molecular weight is 316 g/mol. The maximum Gasteiger partial charge on any atom is 0.257 e. The minimum atomic E-state index is -0.598. The summed E-state index contributed by atoms with van der Waals surface area (Å²) < 4.78 is 0. The molecule has 0 unspecified atom stereocenters. The lowest BCUT2D eigenvalue weighted by Crippen LogP contribution is -2.47. The fraction of sp³-hybridized carbons (Fsp3) is 0.312. The van der Waals surface area contributed by atoms with Crippen LogP contribution in [-0.2, 0) is 4.79 Å². The molecule has 1 aromatic heterocycles. The van der Waals surface area contributed by atoms with Crippen LogP contribution in [0.1, 0.15) is 24.2 Å². The highest BCUT2D eigenvalue weighted by Crippen LogP contribution is 2.06. The van der Waals surface area contributed by atoms with E-state index in [-0.39, 0.29) is 30.0 Å². The van der Waals surface area contributed by atoms with Gasteiger partial charge in [-0.3, -0.25) is 14.4 Å². The quantitative estimate of drug-likeness (QED) is 0.626. The molecule has 0 bridgehead atoms. The van der Waals surface area contributed by atoms with Gasteiger partial charge in [-0.25, -0.2) is 0 Å². The Balaban J connectivity index is 2.03. The molecule has 0 spiro atoms. The summed E-state index contributed by atoms with van der Waals surface area (Å²) in [6.45, 7) is 3.63. The van der Waals surface area contributed by atoms with E-state index in [4.69, 9.17) is 5.73 Å². The number of hydrogen-bond acceptors (Lipinski definition) is 4. The normalized spacial score (nSPS) is 11.3. The van der Waals surface area contributed by atoms with Crippen molar-refractivity contribution in [2.75, 3.05) is 13.1 Å². The number of para-hydroxylation sites is 1. The van der Waals surface area contributed by atoms with Crippen LogP contribution in [0.25, 0.3) is 10.9 Å². The number of nitrogens with two attached hydrogens (primary N) is 1. The van der Waals surface area contributed by atoms with Crippen molar-refractivity contribution in [2.45, 2.75) is 19.4 Å². The molecule has 0 fully saturated rings. The third kappa shape index (κ3) is 4.40. The van der Waals surface area contributed by atoms with Gasteiger partial charge >= 0.3 is 0 Å². The van der Waals surface area contributed by atoms with Crippen molar-refractivity contribution in [1.82, 2.24) is 15.6 Å². The third-order valence-corrected chi connectivity index (χ3v) is 3.18. The van der Waals surface area contributed by atoms with Crippen LogP contribution in [0, 0.1) is 0 Å². The molecule has 0 aliphatic carbocycles. The van der Waals surface area contributed by atoms with Gasteiger partial charge in [0.15, 0.2) is 0 Å². The van der Waals surface area contributed by atoms with Gasteiger partial charge in [-0.05, 0) is 26.0 Å². The number of aromatic nitrogens is 1. The summed E-state index contributed by atoms with van der Waals surface area (Å²) in [6, 6.07) is 6.91. The molecule has 0 aliphatic rings. The number of carbonyl (C=O) groups is 2. The molecule has 23 heavy (non-hydrogen) atoms. The summed E-state index contributed by atoms with van der Waals surface area (Å²) in [5.74, 6) is -0.965. The summed E-state index contributed by atoms with van der Waals surface area (Å²) >= 11 is 0. The third-order valence-electron chi connectivity index (χ3n) is 3.18. The van der Waals surface area contributed by atoms with Crippen molar-refractivity contribution >= 4 is 22.7 Å². The number of aromatic amines is 1. The van der Waals surface area contributed by atoms with Gasteiger partial charge in [0.25, 0.3) is 5.91 Å². The lowest BCUT2D eigenvalue weighted by molar-refractivity contribution is -0.120. The molecule has 0 saturated carbocycles. The van der Waals surface area contributed by atoms with Gasteiger partial charge in [0, 0.05) is 29.2 Å². The lowest BCUT2D eigenvalue weighted by Gasteiger charge is -2.18. The van der Waals surface area contributed by atoms with E-state index in [1.165, 1.54) is 6.20 Å². The smallest absolute Gasteiger partial charge is 0.257 e. The number of carbonyl (C=O) groups excluding carboxylic acids is 2. The van der Waals surface area contributed by atoms with Gasteiger partial charge < -0.3 is 21.4 Å². The van der Waals surface area contributed by atoms with Crippen molar-refractivity contribution in [3.63, 3.8) is 0 Å². The SMILES string of the molecule is CC(C)(N)CNC(=O)CNC(=O)c1c[nH]c2ccccc2c1=O. The molecule has 0 radical (unpaired) electrons. The van der Waals surface area contributed by atoms with Gasteiger partial charge in [0.1, 0.15) is 5.56 Å². The summed E-state index contributed by atoms with van der Waals surface area (Å²) in [5, 5.41) is 5.46. The van der Waals surface area contributed by atoms with Gasteiger partial charge in [0.05, 0.1) is 6.54 Å². The highest BCUT2D eigenvalue weighted by atomic mass is 16.2. The number of amides is 2. The molecule has 0 atom stereocenters. The van der Waals surface area contributed by atoms with E-state index in [0.717, 1.165) is 0 Å². The zero-order valence-electron chi connectivity index (χ0n) is 13.1. The largest absolute Gasteiger partial charge is 0.360 e. The Kier molecular flexibility index (Phi) is 4.80. The number of pyridine rings is 1. The Bertz CT molecular complexity index is 790. The molecule has 0 saturated heterocycles. The van der Waals surface area contributed by atoms with Crippen molar-refractivity contribution in [1.29, 1.82) is 0 Å². The van der Waals surface area contributed by atoms with Crippen LogP contribution >= 0.6 is 0 Å².